The molecule has 2 heterocycles. The maximum Gasteiger partial charge on any atom is 0.275 e. The van der Waals surface area contributed by atoms with Crippen LogP contribution >= 0.6 is 11.3 Å². The number of fused-ring (bicyclic) bond motifs is 1. The molecule has 32 heavy (non-hydrogen) atoms. The van der Waals surface area contributed by atoms with Crippen LogP contribution in [0.4, 0.5) is 0 Å². The van der Waals surface area contributed by atoms with Gasteiger partial charge in [-0.3, -0.25) is 9.69 Å². The predicted molar refractivity (Wildman–Crippen MR) is 128 cm³/mol. The summed E-state index contributed by atoms with van der Waals surface area (Å²) in [6.07, 6.45) is 3.05. The second-order valence-corrected chi connectivity index (χ2v) is 8.90. The number of nitrogens with zero attached hydrogens (tertiary/aromatic N) is 4. The van der Waals surface area contributed by atoms with Crippen LogP contribution in [0.3, 0.4) is 0 Å². The Kier molecular flexibility index (Phi) is 7.29. The zero-order chi connectivity index (χ0) is 22.3. The molecule has 0 saturated heterocycles. The number of benzene rings is 2. The summed E-state index contributed by atoms with van der Waals surface area (Å²) in [7, 11) is 1.67. The van der Waals surface area contributed by atoms with Crippen LogP contribution in [0.25, 0.3) is 4.96 Å². The van der Waals surface area contributed by atoms with Crippen LogP contribution in [-0.4, -0.2) is 26.6 Å². The minimum absolute atomic E-state index is 0.117. The van der Waals surface area contributed by atoms with E-state index >= 15 is 0 Å². The number of hydrogen-bond acceptors (Lipinski definition) is 6. The molecule has 6 nitrogen and oxygen atoms in total. The van der Waals surface area contributed by atoms with Crippen LogP contribution in [0.1, 0.15) is 41.6 Å². The average molecular weight is 449 g/mol. The fraction of sp³-hybridized carbons (Fsp3) is 0.320. The van der Waals surface area contributed by atoms with Crippen LogP contribution in [0.5, 0.6) is 5.75 Å². The van der Waals surface area contributed by atoms with Gasteiger partial charge in [-0.15, -0.1) is 0 Å². The van der Waals surface area contributed by atoms with Crippen molar-refractivity contribution in [3.8, 4) is 5.75 Å². The second-order valence-electron chi connectivity index (χ2n) is 7.86. The van der Waals surface area contributed by atoms with Gasteiger partial charge in [0.2, 0.25) is 4.96 Å². The summed E-state index contributed by atoms with van der Waals surface area (Å²) < 4.78 is 6.72. The Morgan fingerprint density at radius 1 is 1.00 bits per heavy atom. The van der Waals surface area contributed by atoms with Gasteiger partial charge in [-0.2, -0.15) is 9.61 Å². The maximum absolute atomic E-state index is 12.7. The third-order valence-corrected chi connectivity index (χ3v) is 6.25. The number of aryl methyl sites for hydroxylation is 1. The van der Waals surface area contributed by atoms with E-state index in [1.54, 1.807) is 13.2 Å². The van der Waals surface area contributed by atoms with E-state index in [0.29, 0.717) is 11.5 Å². The van der Waals surface area contributed by atoms with Crippen LogP contribution in [0.15, 0.2) is 65.5 Å². The number of unbranched alkanes of at least 4 members (excludes halogenated alkanes) is 1. The van der Waals surface area contributed by atoms with Crippen molar-refractivity contribution in [2.75, 3.05) is 7.11 Å². The molecule has 0 aliphatic rings. The van der Waals surface area contributed by atoms with Crippen LogP contribution in [0, 0.1) is 0 Å². The van der Waals surface area contributed by atoms with Crippen molar-refractivity contribution in [1.29, 1.82) is 0 Å². The molecule has 0 aliphatic carbocycles. The second kappa shape index (κ2) is 10.5. The highest BCUT2D eigenvalue weighted by Gasteiger charge is 2.13. The summed E-state index contributed by atoms with van der Waals surface area (Å²) in [5.41, 5.74) is 3.05. The monoisotopic (exact) mass is 448 g/mol. The van der Waals surface area contributed by atoms with Gasteiger partial charge in [0.25, 0.3) is 5.56 Å². The van der Waals surface area contributed by atoms with Gasteiger partial charge in [0, 0.05) is 32.1 Å². The smallest absolute Gasteiger partial charge is 0.275 e. The lowest BCUT2D eigenvalue weighted by atomic mass is 10.1. The molecule has 0 spiro atoms. The molecule has 166 valence electrons. The van der Waals surface area contributed by atoms with E-state index in [4.69, 9.17) is 9.72 Å². The fourth-order valence-corrected chi connectivity index (χ4v) is 4.59. The first-order valence-corrected chi connectivity index (χ1v) is 11.7. The lowest BCUT2D eigenvalue weighted by Gasteiger charge is -2.22. The van der Waals surface area contributed by atoms with Crippen molar-refractivity contribution < 1.29 is 4.74 Å². The van der Waals surface area contributed by atoms with Crippen molar-refractivity contribution >= 4 is 16.3 Å². The van der Waals surface area contributed by atoms with Gasteiger partial charge in [0.15, 0.2) is 0 Å². The van der Waals surface area contributed by atoms with Crippen molar-refractivity contribution in [2.45, 2.75) is 45.8 Å². The molecule has 0 fully saturated rings. The Morgan fingerprint density at radius 3 is 2.41 bits per heavy atom. The highest BCUT2D eigenvalue weighted by atomic mass is 32.1. The third kappa shape index (κ3) is 5.60. The molecule has 0 amide bonds. The van der Waals surface area contributed by atoms with Gasteiger partial charge in [0.1, 0.15) is 10.8 Å². The normalized spacial score (nSPS) is 11.3. The Morgan fingerprint density at radius 2 is 1.72 bits per heavy atom. The van der Waals surface area contributed by atoms with Gasteiger partial charge >= 0.3 is 0 Å². The molecule has 4 aromatic rings. The first kappa shape index (κ1) is 22.2. The molecule has 0 N–H and O–H groups in total. The van der Waals surface area contributed by atoms with Crippen molar-refractivity contribution in [1.82, 2.24) is 19.5 Å². The van der Waals surface area contributed by atoms with E-state index < -0.39 is 0 Å². The third-order valence-electron chi connectivity index (χ3n) is 5.28. The molecular weight excluding hydrogens is 420 g/mol. The molecule has 0 radical (unpaired) electrons. The summed E-state index contributed by atoms with van der Waals surface area (Å²) in [5, 5.41) is 5.42. The summed E-state index contributed by atoms with van der Waals surface area (Å²) in [5.74, 6) is 0.840. The van der Waals surface area contributed by atoms with Crippen LogP contribution in [0.2, 0.25) is 0 Å². The number of rotatable bonds is 10. The minimum Gasteiger partial charge on any atom is -0.497 e. The Labute approximate surface area is 192 Å². The minimum atomic E-state index is -0.117. The lowest BCUT2D eigenvalue weighted by molar-refractivity contribution is 0.244. The lowest BCUT2D eigenvalue weighted by Crippen LogP contribution is -2.25. The Hall–Kier alpha value is -3.03. The predicted octanol–water partition coefficient (Wildman–Crippen LogP) is 4.70. The van der Waals surface area contributed by atoms with Gasteiger partial charge in [-0.05, 0) is 29.7 Å². The molecule has 0 atom stereocenters. The molecule has 2 aromatic heterocycles. The Bertz CT molecular complexity index is 1200. The van der Waals surface area contributed by atoms with Gasteiger partial charge in [-0.1, -0.05) is 67.1 Å². The number of methoxy groups -OCH3 is 1. The van der Waals surface area contributed by atoms with Gasteiger partial charge in [-0.25, -0.2) is 4.98 Å². The first-order chi connectivity index (χ1) is 15.6. The number of hydrogen-bond donors (Lipinski definition) is 0. The maximum atomic E-state index is 12.7. The van der Waals surface area contributed by atoms with E-state index in [0.717, 1.165) is 48.8 Å². The largest absolute Gasteiger partial charge is 0.497 e. The zero-order valence-electron chi connectivity index (χ0n) is 18.5. The first-order valence-electron chi connectivity index (χ1n) is 10.9. The molecule has 0 bridgehead atoms. The van der Waals surface area contributed by atoms with E-state index in [9.17, 15) is 4.79 Å². The summed E-state index contributed by atoms with van der Waals surface area (Å²) in [6, 6.07) is 20.1. The summed E-state index contributed by atoms with van der Waals surface area (Å²) >= 11 is 1.51. The van der Waals surface area contributed by atoms with Crippen molar-refractivity contribution in [2.24, 2.45) is 0 Å². The van der Waals surface area contributed by atoms with Gasteiger partial charge < -0.3 is 4.74 Å². The molecular formula is C25H28N4O2S. The van der Waals surface area contributed by atoms with Crippen molar-refractivity contribution in [3.63, 3.8) is 0 Å². The molecule has 7 heteroatoms. The highest BCUT2D eigenvalue weighted by molar-refractivity contribution is 7.16. The van der Waals surface area contributed by atoms with Gasteiger partial charge in [0.05, 0.1) is 12.8 Å². The molecule has 0 aliphatic heterocycles. The van der Waals surface area contributed by atoms with E-state index in [2.05, 4.69) is 41.2 Å². The van der Waals surface area contributed by atoms with Crippen LogP contribution in [-0.2, 0) is 26.1 Å². The zero-order valence-corrected chi connectivity index (χ0v) is 19.3. The topological polar surface area (TPSA) is 59.7 Å². The van der Waals surface area contributed by atoms with E-state index in [1.807, 2.05) is 30.3 Å². The molecule has 4 rings (SSSR count). The standard InChI is InChI=1S/C25H28N4O2S/c1-3-4-10-23-27-29-24(30)15-21(26-25(29)32-23)18-28(16-19-8-6-5-7-9-19)17-20-11-13-22(31-2)14-12-20/h5-9,11-15H,3-4,10,16-18H2,1-2H3. The number of ether oxygens (including phenoxy) is 1. The van der Waals surface area contributed by atoms with E-state index in [-0.39, 0.29) is 5.56 Å². The summed E-state index contributed by atoms with van der Waals surface area (Å²) in [4.78, 5) is 20.4. The van der Waals surface area contributed by atoms with Crippen LogP contribution < -0.4 is 10.3 Å². The summed E-state index contributed by atoms with van der Waals surface area (Å²) in [6.45, 7) is 4.23. The molecule has 2 aromatic carbocycles. The molecule has 0 unspecified atom stereocenters. The number of aromatic nitrogens is 3. The molecule has 0 saturated carbocycles. The van der Waals surface area contributed by atoms with Crippen molar-refractivity contribution in [3.05, 3.63) is 92.8 Å². The average Bonchev–Trinajstić information content (AvgIpc) is 3.22. The highest BCUT2D eigenvalue weighted by Crippen LogP contribution is 2.18. The quantitative estimate of drug-likeness (QED) is 0.352. The SMILES string of the molecule is CCCCc1nn2c(=O)cc(CN(Cc3ccccc3)Cc3ccc(OC)cc3)nc2s1. The van der Waals surface area contributed by atoms with E-state index in [1.165, 1.54) is 27.0 Å². The fourth-order valence-electron chi connectivity index (χ4n) is 3.63. The Balaban J connectivity index is 1.58.